The number of hydrogen-bond donors (Lipinski definition) is 2. The zero-order valence-corrected chi connectivity index (χ0v) is 17.6. The summed E-state index contributed by atoms with van der Waals surface area (Å²) in [6, 6.07) is 17.9. The summed E-state index contributed by atoms with van der Waals surface area (Å²) >= 11 is 0. The first-order valence-corrected chi connectivity index (χ1v) is 9.76. The van der Waals surface area contributed by atoms with E-state index in [-0.39, 0.29) is 17.9 Å². The van der Waals surface area contributed by atoms with Crippen LogP contribution in [0.5, 0.6) is 0 Å². The number of carbonyl (C=O) groups excluding carboxylic acids is 2. The number of rotatable bonds is 6. The van der Waals surface area contributed by atoms with Gasteiger partial charge in [0.25, 0.3) is 11.8 Å². The summed E-state index contributed by atoms with van der Waals surface area (Å²) in [6.45, 7) is 3.88. The summed E-state index contributed by atoms with van der Waals surface area (Å²) in [6.07, 6.45) is 1.70. The Balaban J connectivity index is 1.67. The molecule has 1 heterocycles. The van der Waals surface area contributed by atoms with Crippen molar-refractivity contribution in [1.82, 2.24) is 10.3 Å². The number of carbonyl (C=O) groups is 2. The molecule has 1 aromatic heterocycles. The van der Waals surface area contributed by atoms with Crippen molar-refractivity contribution in [3.8, 4) is 0 Å². The van der Waals surface area contributed by atoms with Crippen molar-refractivity contribution >= 4 is 23.2 Å². The molecule has 1 unspecified atom stereocenters. The normalized spacial score (nSPS) is 11.5. The number of aryl methyl sites for hydroxylation is 1. The minimum absolute atomic E-state index is 0.195. The summed E-state index contributed by atoms with van der Waals surface area (Å²) in [5.41, 5.74) is 4.47. The first-order chi connectivity index (χ1) is 14.3. The molecule has 3 aromatic rings. The molecular weight excluding hydrogens is 376 g/mol. The van der Waals surface area contributed by atoms with Crippen LogP contribution >= 0.6 is 0 Å². The van der Waals surface area contributed by atoms with Crippen LogP contribution in [-0.2, 0) is 0 Å². The number of nitrogens with zero attached hydrogens (tertiary/aromatic N) is 2. The lowest BCUT2D eigenvalue weighted by atomic mass is 10.1. The van der Waals surface area contributed by atoms with Gasteiger partial charge >= 0.3 is 0 Å². The van der Waals surface area contributed by atoms with E-state index in [9.17, 15) is 9.59 Å². The van der Waals surface area contributed by atoms with Crippen LogP contribution in [0.1, 0.15) is 44.9 Å². The molecule has 0 aliphatic carbocycles. The van der Waals surface area contributed by atoms with Crippen molar-refractivity contribution in [2.24, 2.45) is 0 Å². The SMILES string of the molecule is Cc1ccc(C(=O)Nc2ccc(C(=O)NC(C)c3ccccn3)cc2)c(N(C)C)c1. The minimum atomic E-state index is -0.205. The van der Waals surface area contributed by atoms with Gasteiger partial charge in [0.15, 0.2) is 0 Å². The van der Waals surface area contributed by atoms with Crippen LogP contribution in [-0.4, -0.2) is 30.9 Å². The maximum Gasteiger partial charge on any atom is 0.257 e. The Morgan fingerprint density at radius 2 is 1.70 bits per heavy atom. The predicted molar refractivity (Wildman–Crippen MR) is 120 cm³/mol. The van der Waals surface area contributed by atoms with Crippen LogP contribution in [0.25, 0.3) is 0 Å². The van der Waals surface area contributed by atoms with E-state index in [1.807, 2.05) is 69.2 Å². The smallest absolute Gasteiger partial charge is 0.257 e. The number of aromatic nitrogens is 1. The Morgan fingerprint density at radius 1 is 0.967 bits per heavy atom. The van der Waals surface area contributed by atoms with E-state index in [2.05, 4.69) is 15.6 Å². The predicted octanol–water partition coefficient (Wildman–Crippen LogP) is 4.20. The van der Waals surface area contributed by atoms with Gasteiger partial charge in [-0.05, 0) is 67.9 Å². The van der Waals surface area contributed by atoms with E-state index in [1.54, 1.807) is 30.5 Å². The molecule has 0 bridgehead atoms. The highest BCUT2D eigenvalue weighted by Crippen LogP contribution is 2.22. The van der Waals surface area contributed by atoms with Gasteiger partial charge in [0.2, 0.25) is 0 Å². The molecule has 30 heavy (non-hydrogen) atoms. The average molecular weight is 402 g/mol. The third-order valence-electron chi connectivity index (χ3n) is 4.76. The van der Waals surface area contributed by atoms with Crippen LogP contribution in [0.3, 0.4) is 0 Å². The molecule has 0 radical (unpaired) electrons. The number of anilines is 2. The maximum absolute atomic E-state index is 12.7. The molecule has 154 valence electrons. The van der Waals surface area contributed by atoms with E-state index in [1.165, 1.54) is 0 Å². The lowest BCUT2D eigenvalue weighted by Crippen LogP contribution is -2.27. The number of pyridine rings is 1. The zero-order chi connectivity index (χ0) is 21.7. The molecule has 0 saturated heterocycles. The van der Waals surface area contributed by atoms with E-state index >= 15 is 0 Å². The summed E-state index contributed by atoms with van der Waals surface area (Å²) < 4.78 is 0. The third-order valence-corrected chi connectivity index (χ3v) is 4.76. The molecule has 6 nitrogen and oxygen atoms in total. The van der Waals surface area contributed by atoms with Crippen LogP contribution in [0.2, 0.25) is 0 Å². The summed E-state index contributed by atoms with van der Waals surface area (Å²) in [5, 5.41) is 5.83. The molecule has 1 atom stereocenters. The second kappa shape index (κ2) is 9.22. The fourth-order valence-corrected chi connectivity index (χ4v) is 3.09. The van der Waals surface area contributed by atoms with Gasteiger partial charge in [-0.3, -0.25) is 14.6 Å². The molecule has 2 N–H and O–H groups in total. The Hall–Kier alpha value is -3.67. The second-order valence-electron chi connectivity index (χ2n) is 7.40. The van der Waals surface area contributed by atoms with Gasteiger partial charge in [-0.15, -0.1) is 0 Å². The van der Waals surface area contributed by atoms with Gasteiger partial charge in [-0.1, -0.05) is 12.1 Å². The second-order valence-corrected chi connectivity index (χ2v) is 7.40. The number of nitrogens with one attached hydrogen (secondary N) is 2. The third kappa shape index (κ3) is 5.03. The topological polar surface area (TPSA) is 74.3 Å². The van der Waals surface area contributed by atoms with E-state index in [0.717, 1.165) is 16.9 Å². The molecule has 0 saturated carbocycles. The monoisotopic (exact) mass is 402 g/mol. The molecule has 0 spiro atoms. The van der Waals surface area contributed by atoms with Crippen LogP contribution < -0.4 is 15.5 Å². The molecular formula is C24H26N4O2. The van der Waals surface area contributed by atoms with E-state index < -0.39 is 0 Å². The van der Waals surface area contributed by atoms with Crippen LogP contribution in [0, 0.1) is 6.92 Å². The number of benzene rings is 2. The van der Waals surface area contributed by atoms with Crippen LogP contribution in [0.15, 0.2) is 66.9 Å². The molecule has 2 aromatic carbocycles. The maximum atomic E-state index is 12.7. The highest BCUT2D eigenvalue weighted by Gasteiger charge is 2.15. The fraction of sp³-hybridized carbons (Fsp3) is 0.208. The van der Waals surface area contributed by atoms with Crippen molar-refractivity contribution in [2.45, 2.75) is 19.9 Å². The van der Waals surface area contributed by atoms with Crippen molar-refractivity contribution in [2.75, 3.05) is 24.3 Å². The molecule has 0 aliphatic rings. The largest absolute Gasteiger partial charge is 0.377 e. The standard InChI is InChI=1S/C24H26N4O2/c1-16-8-13-20(22(15-16)28(3)4)24(30)27-19-11-9-18(10-12-19)23(29)26-17(2)21-7-5-6-14-25-21/h5-15,17H,1-4H3,(H,26,29)(H,27,30). The van der Waals surface area contributed by atoms with Gasteiger partial charge in [0.05, 0.1) is 17.3 Å². The molecule has 6 heteroatoms. The fourth-order valence-electron chi connectivity index (χ4n) is 3.09. The van der Waals surface area contributed by atoms with Crippen molar-refractivity contribution in [1.29, 1.82) is 0 Å². The zero-order valence-electron chi connectivity index (χ0n) is 17.6. The summed E-state index contributed by atoms with van der Waals surface area (Å²) in [4.78, 5) is 31.4. The van der Waals surface area contributed by atoms with Gasteiger partial charge in [0.1, 0.15) is 0 Å². The van der Waals surface area contributed by atoms with Crippen molar-refractivity contribution in [3.63, 3.8) is 0 Å². The molecule has 2 amide bonds. The van der Waals surface area contributed by atoms with Gasteiger partial charge < -0.3 is 15.5 Å². The molecule has 3 rings (SSSR count). The Bertz CT molecular complexity index is 1030. The summed E-state index contributed by atoms with van der Waals surface area (Å²) in [5.74, 6) is -0.390. The van der Waals surface area contributed by atoms with Gasteiger partial charge in [-0.2, -0.15) is 0 Å². The van der Waals surface area contributed by atoms with E-state index in [0.29, 0.717) is 16.8 Å². The lowest BCUT2D eigenvalue weighted by Gasteiger charge is -2.18. The lowest BCUT2D eigenvalue weighted by molar-refractivity contribution is 0.0938. The number of hydrogen-bond acceptors (Lipinski definition) is 4. The summed E-state index contributed by atoms with van der Waals surface area (Å²) in [7, 11) is 3.82. The Kier molecular flexibility index (Phi) is 6.47. The van der Waals surface area contributed by atoms with Crippen molar-refractivity contribution < 1.29 is 9.59 Å². The van der Waals surface area contributed by atoms with Crippen molar-refractivity contribution in [3.05, 3.63) is 89.2 Å². The minimum Gasteiger partial charge on any atom is -0.377 e. The first kappa shape index (κ1) is 21.0. The Labute approximate surface area is 177 Å². The Morgan fingerprint density at radius 3 is 2.33 bits per heavy atom. The average Bonchev–Trinajstić information content (AvgIpc) is 2.74. The first-order valence-electron chi connectivity index (χ1n) is 9.76. The highest BCUT2D eigenvalue weighted by molar-refractivity contribution is 6.08. The van der Waals surface area contributed by atoms with Gasteiger partial charge in [-0.25, -0.2) is 0 Å². The van der Waals surface area contributed by atoms with Crippen LogP contribution in [0.4, 0.5) is 11.4 Å². The van der Waals surface area contributed by atoms with Gasteiger partial charge in [0, 0.05) is 37.2 Å². The van der Waals surface area contributed by atoms with E-state index in [4.69, 9.17) is 0 Å². The molecule has 0 aliphatic heterocycles. The quantitative estimate of drug-likeness (QED) is 0.648. The number of amides is 2. The highest BCUT2D eigenvalue weighted by atomic mass is 16.2. The molecule has 0 fully saturated rings.